The van der Waals surface area contributed by atoms with E-state index >= 15 is 0 Å². The Bertz CT molecular complexity index is 870. The molecule has 7 nitrogen and oxygen atoms in total. The number of para-hydroxylation sites is 2. The Morgan fingerprint density at radius 2 is 2.07 bits per heavy atom. The molecule has 0 atom stereocenters. The molecule has 0 radical (unpaired) electrons. The molecule has 0 unspecified atom stereocenters. The number of nitrogens with one attached hydrogen (secondary N) is 2. The van der Waals surface area contributed by atoms with E-state index < -0.39 is 0 Å². The number of benzene rings is 1. The number of pyridine rings is 1. The quantitative estimate of drug-likeness (QED) is 0.645. The Kier molecular flexibility index (Phi) is 5.70. The van der Waals surface area contributed by atoms with Gasteiger partial charge in [0, 0.05) is 45.1 Å². The van der Waals surface area contributed by atoms with E-state index in [1.807, 2.05) is 41.3 Å². The predicted molar refractivity (Wildman–Crippen MR) is 107 cm³/mol. The number of rotatable bonds is 6. The predicted octanol–water partition coefficient (Wildman–Crippen LogP) is 3.14. The largest absolute Gasteiger partial charge is 0.489 e. The highest BCUT2D eigenvalue weighted by Gasteiger charge is 2.23. The van der Waals surface area contributed by atoms with Crippen LogP contribution in [0.3, 0.4) is 0 Å². The van der Waals surface area contributed by atoms with Crippen molar-refractivity contribution in [2.24, 2.45) is 0 Å². The van der Waals surface area contributed by atoms with E-state index in [0.717, 1.165) is 48.3 Å². The van der Waals surface area contributed by atoms with Crippen LogP contribution in [-0.4, -0.2) is 51.6 Å². The molecule has 0 saturated carbocycles. The number of aromatic amines is 1. The van der Waals surface area contributed by atoms with E-state index in [4.69, 9.17) is 4.74 Å². The van der Waals surface area contributed by atoms with Gasteiger partial charge in [-0.2, -0.15) is 0 Å². The summed E-state index contributed by atoms with van der Waals surface area (Å²) in [4.78, 5) is 26.2. The van der Waals surface area contributed by atoms with Gasteiger partial charge >= 0.3 is 6.03 Å². The molecule has 2 aromatic heterocycles. The number of aryl methyl sites for hydroxylation is 1. The summed E-state index contributed by atoms with van der Waals surface area (Å²) >= 11 is 0. The van der Waals surface area contributed by atoms with Gasteiger partial charge in [0.15, 0.2) is 0 Å². The summed E-state index contributed by atoms with van der Waals surface area (Å²) in [5.41, 5.74) is 2.04. The number of hydrogen-bond donors (Lipinski definition) is 2. The van der Waals surface area contributed by atoms with Crippen LogP contribution in [0.4, 0.5) is 4.79 Å². The molecular formula is C21H25N5O2. The average Bonchev–Trinajstić information content (AvgIpc) is 3.15. The first-order valence-corrected chi connectivity index (χ1v) is 9.81. The molecule has 2 amide bonds. The SMILES string of the molecule is O=C(NCCCc1nc2ccccc2[nH]1)N1CCC(Oc2cccnc2)CC1. The third-order valence-corrected chi connectivity index (χ3v) is 4.97. The summed E-state index contributed by atoms with van der Waals surface area (Å²) < 4.78 is 5.92. The third kappa shape index (κ3) is 4.60. The minimum absolute atomic E-state index is 0.00411. The normalized spacial score (nSPS) is 14.9. The fourth-order valence-electron chi connectivity index (χ4n) is 3.47. The van der Waals surface area contributed by atoms with Crippen molar-refractivity contribution in [2.75, 3.05) is 19.6 Å². The average molecular weight is 379 g/mol. The minimum Gasteiger partial charge on any atom is -0.489 e. The van der Waals surface area contributed by atoms with Crippen LogP contribution < -0.4 is 10.1 Å². The lowest BCUT2D eigenvalue weighted by molar-refractivity contribution is 0.111. The number of piperidine rings is 1. The number of H-pyrrole nitrogens is 1. The molecule has 2 N–H and O–H groups in total. The molecule has 1 aliphatic heterocycles. The van der Waals surface area contributed by atoms with Gasteiger partial charge in [-0.25, -0.2) is 9.78 Å². The van der Waals surface area contributed by atoms with Crippen LogP contribution in [0, 0.1) is 0 Å². The van der Waals surface area contributed by atoms with Crippen molar-refractivity contribution in [2.45, 2.75) is 31.8 Å². The van der Waals surface area contributed by atoms with Gasteiger partial charge in [-0.3, -0.25) is 4.98 Å². The van der Waals surface area contributed by atoms with Gasteiger partial charge in [0.05, 0.1) is 17.2 Å². The van der Waals surface area contributed by atoms with Crippen molar-refractivity contribution in [3.8, 4) is 5.75 Å². The molecule has 0 bridgehead atoms. The van der Waals surface area contributed by atoms with Gasteiger partial charge in [-0.05, 0) is 30.7 Å². The molecule has 3 aromatic rings. The Hall–Kier alpha value is -3.09. The van der Waals surface area contributed by atoms with Crippen LogP contribution in [0.1, 0.15) is 25.1 Å². The maximum absolute atomic E-state index is 12.4. The van der Waals surface area contributed by atoms with Crippen LogP contribution in [0.5, 0.6) is 5.75 Å². The van der Waals surface area contributed by atoms with Crippen molar-refractivity contribution in [1.29, 1.82) is 0 Å². The van der Waals surface area contributed by atoms with Gasteiger partial charge in [0.1, 0.15) is 17.7 Å². The number of hydrogen-bond acceptors (Lipinski definition) is 4. The summed E-state index contributed by atoms with van der Waals surface area (Å²) in [6.45, 7) is 2.06. The van der Waals surface area contributed by atoms with E-state index in [1.54, 1.807) is 12.4 Å². The number of aromatic nitrogens is 3. The second-order valence-corrected chi connectivity index (χ2v) is 7.03. The molecular weight excluding hydrogens is 354 g/mol. The number of imidazole rings is 1. The van der Waals surface area contributed by atoms with Crippen molar-refractivity contribution in [3.05, 3.63) is 54.6 Å². The molecule has 4 rings (SSSR count). The summed E-state index contributed by atoms with van der Waals surface area (Å²) in [5.74, 6) is 1.75. The lowest BCUT2D eigenvalue weighted by Gasteiger charge is -2.32. The monoisotopic (exact) mass is 379 g/mol. The maximum atomic E-state index is 12.4. The van der Waals surface area contributed by atoms with E-state index in [-0.39, 0.29) is 12.1 Å². The highest BCUT2D eigenvalue weighted by molar-refractivity contribution is 5.75. The highest BCUT2D eigenvalue weighted by atomic mass is 16.5. The van der Waals surface area contributed by atoms with Crippen LogP contribution in [-0.2, 0) is 6.42 Å². The Morgan fingerprint density at radius 3 is 2.86 bits per heavy atom. The van der Waals surface area contributed by atoms with Crippen molar-refractivity contribution >= 4 is 17.1 Å². The standard InChI is InChI=1S/C21H25N5O2/c27-21(23-12-4-8-20-24-18-6-1-2-7-19(18)25-20)26-13-9-16(10-14-26)28-17-5-3-11-22-15-17/h1-3,5-7,11,15-16H,4,8-10,12-14H2,(H,23,27)(H,24,25). The molecule has 1 saturated heterocycles. The topological polar surface area (TPSA) is 83.1 Å². The first-order chi connectivity index (χ1) is 13.8. The van der Waals surface area contributed by atoms with Gasteiger partial charge in [-0.15, -0.1) is 0 Å². The summed E-state index contributed by atoms with van der Waals surface area (Å²) in [6, 6.07) is 11.8. The fraction of sp³-hybridized carbons (Fsp3) is 0.381. The van der Waals surface area contributed by atoms with Gasteiger partial charge in [-0.1, -0.05) is 12.1 Å². The third-order valence-electron chi connectivity index (χ3n) is 4.97. The van der Waals surface area contributed by atoms with E-state index in [0.29, 0.717) is 19.6 Å². The lowest BCUT2D eigenvalue weighted by Crippen LogP contribution is -2.46. The van der Waals surface area contributed by atoms with Gasteiger partial charge in [0.25, 0.3) is 0 Å². The number of carbonyl (C=O) groups excluding carboxylic acids is 1. The zero-order chi connectivity index (χ0) is 19.2. The van der Waals surface area contributed by atoms with E-state index in [1.165, 1.54) is 0 Å². The van der Waals surface area contributed by atoms with Crippen LogP contribution in [0.15, 0.2) is 48.8 Å². The van der Waals surface area contributed by atoms with E-state index in [9.17, 15) is 4.79 Å². The highest BCUT2D eigenvalue weighted by Crippen LogP contribution is 2.18. The smallest absolute Gasteiger partial charge is 0.317 e. The maximum Gasteiger partial charge on any atom is 0.317 e. The van der Waals surface area contributed by atoms with Gasteiger partial charge in [0.2, 0.25) is 0 Å². The molecule has 1 fully saturated rings. The number of urea groups is 1. The number of amides is 2. The molecule has 7 heteroatoms. The van der Waals surface area contributed by atoms with Crippen molar-refractivity contribution < 1.29 is 9.53 Å². The number of fused-ring (bicyclic) bond motifs is 1. The molecule has 3 heterocycles. The molecule has 0 spiro atoms. The zero-order valence-electron chi connectivity index (χ0n) is 15.8. The minimum atomic E-state index is 0.00411. The molecule has 0 aliphatic carbocycles. The first-order valence-electron chi connectivity index (χ1n) is 9.81. The van der Waals surface area contributed by atoms with Crippen LogP contribution >= 0.6 is 0 Å². The molecule has 1 aliphatic rings. The Balaban J connectivity index is 1.15. The van der Waals surface area contributed by atoms with Gasteiger partial charge < -0.3 is 19.9 Å². The van der Waals surface area contributed by atoms with Crippen LogP contribution in [0.2, 0.25) is 0 Å². The number of nitrogens with zero attached hydrogens (tertiary/aromatic N) is 3. The van der Waals surface area contributed by atoms with Crippen LogP contribution in [0.25, 0.3) is 11.0 Å². The fourth-order valence-corrected chi connectivity index (χ4v) is 3.47. The molecule has 1 aromatic carbocycles. The lowest BCUT2D eigenvalue weighted by atomic mass is 10.1. The Morgan fingerprint density at radius 1 is 1.21 bits per heavy atom. The van der Waals surface area contributed by atoms with E-state index in [2.05, 4.69) is 20.3 Å². The summed E-state index contributed by atoms with van der Waals surface area (Å²) in [7, 11) is 0. The second kappa shape index (κ2) is 8.73. The van der Waals surface area contributed by atoms with Crippen molar-refractivity contribution in [1.82, 2.24) is 25.2 Å². The molecule has 28 heavy (non-hydrogen) atoms. The summed E-state index contributed by atoms with van der Waals surface area (Å²) in [6.07, 6.45) is 6.93. The zero-order valence-corrected chi connectivity index (χ0v) is 15.8. The summed E-state index contributed by atoms with van der Waals surface area (Å²) in [5, 5.41) is 3.02. The second-order valence-electron chi connectivity index (χ2n) is 7.03. The first kappa shape index (κ1) is 18.3. The Labute approximate surface area is 164 Å². The molecule has 146 valence electrons. The van der Waals surface area contributed by atoms with Crippen molar-refractivity contribution in [3.63, 3.8) is 0 Å². The number of ether oxygens (including phenoxy) is 1. The number of carbonyl (C=O) groups is 1. The number of likely N-dealkylation sites (tertiary alicyclic amines) is 1.